The molecule has 11 atom stereocenters. The zero-order valence-corrected chi connectivity index (χ0v) is 26.5. The number of hydrogen-bond acceptors (Lipinski definition) is 6. The van der Waals surface area contributed by atoms with E-state index in [1.807, 2.05) is 27.7 Å². The predicted molar refractivity (Wildman–Crippen MR) is 155 cm³/mol. The Bertz CT molecular complexity index is 1070. The maximum absolute atomic E-state index is 14.0. The van der Waals surface area contributed by atoms with Gasteiger partial charge in [0, 0.05) is 11.3 Å². The first kappa shape index (κ1) is 30.5. The average Bonchev–Trinajstić information content (AvgIpc) is 2.84. The number of aliphatic hydroxyl groups is 4. The van der Waals surface area contributed by atoms with Crippen LogP contribution in [0.25, 0.3) is 0 Å². The minimum absolute atomic E-state index is 0.101. The normalized spacial score (nSPS) is 51.9. The van der Waals surface area contributed by atoms with Crippen molar-refractivity contribution in [2.45, 2.75) is 138 Å². The third-order valence-electron chi connectivity index (χ3n) is 13.7. The molecule has 0 amide bonds. The Hall–Kier alpha value is -0.950. The molecule has 0 spiro atoms. The average molecular weight is 561 g/mol. The van der Waals surface area contributed by atoms with E-state index in [4.69, 9.17) is 4.74 Å². The van der Waals surface area contributed by atoms with Crippen LogP contribution in [0.5, 0.6) is 0 Å². The van der Waals surface area contributed by atoms with Crippen LogP contribution in [-0.2, 0) is 9.53 Å². The van der Waals surface area contributed by atoms with Gasteiger partial charge < -0.3 is 25.2 Å². The van der Waals surface area contributed by atoms with E-state index in [0.29, 0.717) is 12.8 Å². The van der Waals surface area contributed by atoms with E-state index in [2.05, 4.69) is 40.7 Å². The van der Waals surface area contributed by atoms with Crippen molar-refractivity contribution in [3.63, 3.8) is 0 Å². The van der Waals surface area contributed by atoms with E-state index in [1.165, 1.54) is 5.57 Å². The molecule has 0 bridgehead atoms. The van der Waals surface area contributed by atoms with Gasteiger partial charge in [0.25, 0.3) is 0 Å². The van der Waals surface area contributed by atoms with Crippen molar-refractivity contribution >= 4 is 5.97 Å². The molecule has 4 saturated carbocycles. The summed E-state index contributed by atoms with van der Waals surface area (Å²) in [5.74, 6) is -0.0878. The number of rotatable bonds is 2. The van der Waals surface area contributed by atoms with Crippen LogP contribution in [0.3, 0.4) is 0 Å². The van der Waals surface area contributed by atoms with E-state index in [0.717, 1.165) is 38.5 Å². The largest absolute Gasteiger partial charge is 0.460 e. The SMILES string of the molecule is CC(C)(C)OC(=O)[C@]12CCC(C)(C)[C@@H](O)C1C1=CCC3[C@@]4(C)C[C@@H](O)[C@H](O)[C@](C)(CO)C4CC[C@@]3(C)[C@]1(C)CC2. The molecule has 4 N–H and O–H groups in total. The van der Waals surface area contributed by atoms with Gasteiger partial charge in [-0.25, -0.2) is 0 Å². The molecule has 0 aromatic carbocycles. The van der Waals surface area contributed by atoms with Crippen molar-refractivity contribution in [2.75, 3.05) is 6.61 Å². The molecule has 6 heteroatoms. The quantitative estimate of drug-likeness (QED) is 0.266. The Balaban J connectivity index is 1.62. The first-order chi connectivity index (χ1) is 18.2. The fourth-order valence-electron chi connectivity index (χ4n) is 11.1. The molecule has 5 aliphatic rings. The van der Waals surface area contributed by atoms with Gasteiger partial charge in [0.05, 0.1) is 30.3 Å². The Morgan fingerprint density at radius 3 is 2.15 bits per heavy atom. The lowest BCUT2D eigenvalue weighted by atomic mass is 9.33. The molecule has 0 aliphatic heterocycles. The van der Waals surface area contributed by atoms with Crippen LogP contribution in [0.4, 0.5) is 0 Å². The van der Waals surface area contributed by atoms with Gasteiger partial charge in [-0.2, -0.15) is 0 Å². The second-order valence-corrected chi connectivity index (χ2v) is 17.2. The number of carbonyl (C=O) groups excluding carboxylic acids is 1. The van der Waals surface area contributed by atoms with Gasteiger partial charge in [-0.15, -0.1) is 0 Å². The first-order valence-corrected chi connectivity index (χ1v) is 15.8. The second kappa shape index (κ2) is 9.03. The van der Waals surface area contributed by atoms with Gasteiger partial charge >= 0.3 is 5.97 Å². The highest BCUT2D eigenvalue weighted by Gasteiger charge is 2.71. The van der Waals surface area contributed by atoms with Crippen LogP contribution in [0.1, 0.15) is 114 Å². The summed E-state index contributed by atoms with van der Waals surface area (Å²) in [5, 5.41) is 44.7. The minimum atomic E-state index is -0.936. The number of carbonyl (C=O) groups is 1. The van der Waals surface area contributed by atoms with Crippen LogP contribution < -0.4 is 0 Å². The highest BCUT2D eigenvalue weighted by molar-refractivity contribution is 5.79. The lowest BCUT2D eigenvalue weighted by molar-refractivity contribution is -0.246. The number of allylic oxidation sites excluding steroid dienone is 1. The van der Waals surface area contributed by atoms with Crippen molar-refractivity contribution in [3.8, 4) is 0 Å². The van der Waals surface area contributed by atoms with Crippen LogP contribution in [0.15, 0.2) is 11.6 Å². The second-order valence-electron chi connectivity index (χ2n) is 17.2. The summed E-state index contributed by atoms with van der Waals surface area (Å²) in [6, 6.07) is 0. The predicted octanol–water partition coefficient (Wildman–Crippen LogP) is 5.40. The maximum Gasteiger partial charge on any atom is 0.313 e. The molecule has 5 aliphatic carbocycles. The summed E-state index contributed by atoms with van der Waals surface area (Å²) in [5.41, 5.74) is -1.70. The zero-order chi connectivity index (χ0) is 29.9. The van der Waals surface area contributed by atoms with Crippen molar-refractivity contribution in [3.05, 3.63) is 11.6 Å². The molecule has 228 valence electrons. The maximum atomic E-state index is 14.0. The summed E-state index contributed by atoms with van der Waals surface area (Å²) in [6.45, 7) is 18.9. The van der Waals surface area contributed by atoms with Gasteiger partial charge in [0.2, 0.25) is 0 Å². The topological polar surface area (TPSA) is 107 Å². The molecule has 0 saturated heterocycles. The van der Waals surface area contributed by atoms with E-state index in [9.17, 15) is 25.2 Å². The van der Waals surface area contributed by atoms with E-state index in [1.54, 1.807) is 0 Å². The fourth-order valence-corrected chi connectivity index (χ4v) is 11.1. The molecule has 0 heterocycles. The fraction of sp³-hybridized carbons (Fsp3) is 0.912. The number of ether oxygens (including phenoxy) is 1. The third kappa shape index (κ3) is 3.84. The van der Waals surface area contributed by atoms with Crippen LogP contribution in [-0.4, -0.2) is 56.9 Å². The lowest BCUT2D eigenvalue weighted by Crippen LogP contribution is -2.69. The highest BCUT2D eigenvalue weighted by Crippen LogP contribution is 2.75. The molecule has 3 unspecified atom stereocenters. The van der Waals surface area contributed by atoms with E-state index >= 15 is 0 Å². The van der Waals surface area contributed by atoms with Gasteiger partial charge in [0.15, 0.2) is 0 Å². The first-order valence-electron chi connectivity index (χ1n) is 15.8. The van der Waals surface area contributed by atoms with Gasteiger partial charge in [-0.1, -0.05) is 53.2 Å². The summed E-state index contributed by atoms with van der Waals surface area (Å²) in [6.07, 6.45) is 6.15. The monoisotopic (exact) mass is 560 g/mol. The molecule has 6 nitrogen and oxygen atoms in total. The molecule has 0 radical (unpaired) electrons. The van der Waals surface area contributed by atoms with Crippen LogP contribution in [0.2, 0.25) is 0 Å². The Kier molecular flexibility index (Phi) is 6.89. The number of esters is 1. The van der Waals surface area contributed by atoms with Gasteiger partial charge in [0.1, 0.15) is 5.60 Å². The Morgan fingerprint density at radius 1 is 0.925 bits per heavy atom. The smallest absolute Gasteiger partial charge is 0.313 e. The van der Waals surface area contributed by atoms with Crippen LogP contribution in [0, 0.1) is 50.2 Å². The zero-order valence-electron chi connectivity index (χ0n) is 26.5. The Morgan fingerprint density at radius 2 is 1.55 bits per heavy atom. The third-order valence-corrected chi connectivity index (χ3v) is 13.7. The number of hydrogen-bond donors (Lipinski definition) is 4. The standard InChI is InChI=1S/C34H56O6/c1-28(2,3)40-27(39)34-16-14-29(4,5)26(38)24(34)20-10-11-23-30(6)18-21(36)25(37)31(7,19-35)22(30)12-13-33(23,9)32(20,8)15-17-34/h10,21-26,35-38H,11-19H2,1-9H3/t21-,22?,23?,24?,25+,26+,30+,31-,32-,33-,34+/m1/s1. The van der Waals surface area contributed by atoms with Crippen molar-refractivity contribution in [2.24, 2.45) is 50.2 Å². The lowest BCUT2D eigenvalue weighted by Gasteiger charge is -2.72. The molecule has 0 aromatic heterocycles. The van der Waals surface area contributed by atoms with E-state index in [-0.39, 0.29) is 52.0 Å². The van der Waals surface area contributed by atoms with Gasteiger partial charge in [-0.3, -0.25) is 4.79 Å². The molecular formula is C34H56O6. The molecule has 0 aromatic rings. The molecular weight excluding hydrogens is 504 g/mol. The summed E-state index contributed by atoms with van der Waals surface area (Å²) >= 11 is 0. The number of fused-ring (bicyclic) bond motifs is 7. The highest BCUT2D eigenvalue weighted by atomic mass is 16.6. The minimum Gasteiger partial charge on any atom is -0.460 e. The van der Waals surface area contributed by atoms with Crippen LogP contribution >= 0.6 is 0 Å². The molecule has 40 heavy (non-hydrogen) atoms. The van der Waals surface area contributed by atoms with Gasteiger partial charge in [-0.05, 0) is 106 Å². The van der Waals surface area contributed by atoms with Crippen molar-refractivity contribution in [1.29, 1.82) is 0 Å². The number of aliphatic hydroxyl groups excluding tert-OH is 4. The Labute approximate surface area is 242 Å². The molecule has 5 rings (SSSR count). The molecule has 4 fully saturated rings. The summed E-state index contributed by atoms with van der Waals surface area (Å²) in [7, 11) is 0. The van der Waals surface area contributed by atoms with E-state index < -0.39 is 34.7 Å². The van der Waals surface area contributed by atoms with Crippen molar-refractivity contribution < 1.29 is 30.0 Å². The summed E-state index contributed by atoms with van der Waals surface area (Å²) < 4.78 is 6.09. The van der Waals surface area contributed by atoms with Crippen molar-refractivity contribution in [1.82, 2.24) is 0 Å². The summed E-state index contributed by atoms with van der Waals surface area (Å²) in [4.78, 5) is 14.0.